The van der Waals surface area contributed by atoms with Gasteiger partial charge in [0.15, 0.2) is 10.8 Å². The Hall–Kier alpha value is -1.10. The first-order chi connectivity index (χ1) is 6.15. The number of methoxy groups -OCH3 is 1. The summed E-state index contributed by atoms with van der Waals surface area (Å²) in [7, 11) is 1.32. The minimum absolute atomic E-state index is 0.315. The fraction of sp³-hybridized carbons (Fsp3) is 0.500. The number of nitrogens with zero attached hydrogens (tertiary/aromatic N) is 1. The quantitative estimate of drug-likeness (QED) is 0.706. The van der Waals surface area contributed by atoms with E-state index in [1.807, 2.05) is 13.8 Å². The molecule has 0 saturated carbocycles. The van der Waals surface area contributed by atoms with Crippen LogP contribution in [0.5, 0.6) is 0 Å². The molecule has 1 aromatic heterocycles. The Morgan fingerprint density at radius 1 is 1.54 bits per heavy atom. The molecule has 0 radical (unpaired) electrons. The Labute approximate surface area is 81.7 Å². The average molecular weight is 202 g/mol. The van der Waals surface area contributed by atoms with Gasteiger partial charge in [-0.25, -0.2) is 9.78 Å². The lowest BCUT2D eigenvalue weighted by molar-refractivity contribution is 0.0594. The lowest BCUT2D eigenvalue weighted by Crippen LogP contribution is -2.03. The van der Waals surface area contributed by atoms with E-state index in [2.05, 4.69) is 9.72 Å². The predicted octanol–water partition coefficient (Wildman–Crippen LogP) is 1.85. The molecule has 2 N–H and O–H groups in total. The zero-order valence-electron chi connectivity index (χ0n) is 8.25. The summed E-state index contributed by atoms with van der Waals surface area (Å²) in [6.07, 6.45) is 0. The SMILES string of the molecule is CC.COC(=O)c1nc(N)sc1C. The molecule has 1 aromatic rings. The predicted molar refractivity (Wildman–Crippen MR) is 54.0 cm³/mol. The van der Waals surface area contributed by atoms with E-state index in [9.17, 15) is 4.79 Å². The van der Waals surface area contributed by atoms with E-state index in [0.29, 0.717) is 10.8 Å². The van der Waals surface area contributed by atoms with Crippen molar-refractivity contribution in [3.63, 3.8) is 0 Å². The Bertz CT molecular complexity index is 284. The molecule has 0 aliphatic heterocycles. The minimum atomic E-state index is -0.435. The number of ether oxygens (including phenoxy) is 1. The van der Waals surface area contributed by atoms with E-state index in [1.54, 1.807) is 6.92 Å². The number of rotatable bonds is 1. The van der Waals surface area contributed by atoms with Gasteiger partial charge in [0.2, 0.25) is 0 Å². The van der Waals surface area contributed by atoms with Gasteiger partial charge in [-0.05, 0) is 6.92 Å². The topological polar surface area (TPSA) is 65.2 Å². The van der Waals surface area contributed by atoms with Crippen molar-refractivity contribution in [2.75, 3.05) is 12.8 Å². The number of nitrogen functional groups attached to an aromatic ring is 1. The number of anilines is 1. The highest BCUT2D eigenvalue weighted by atomic mass is 32.1. The largest absolute Gasteiger partial charge is 0.464 e. The Morgan fingerprint density at radius 2 is 2.08 bits per heavy atom. The summed E-state index contributed by atoms with van der Waals surface area (Å²) in [5.41, 5.74) is 5.69. The van der Waals surface area contributed by atoms with Gasteiger partial charge in [0.05, 0.1) is 7.11 Å². The molecule has 0 fully saturated rings. The van der Waals surface area contributed by atoms with Gasteiger partial charge in [-0.3, -0.25) is 0 Å². The normalized spacial score (nSPS) is 8.62. The van der Waals surface area contributed by atoms with Crippen molar-refractivity contribution in [2.45, 2.75) is 20.8 Å². The van der Waals surface area contributed by atoms with E-state index in [1.165, 1.54) is 18.4 Å². The lowest BCUT2D eigenvalue weighted by atomic mass is 10.4. The lowest BCUT2D eigenvalue weighted by Gasteiger charge is -1.92. The van der Waals surface area contributed by atoms with E-state index in [-0.39, 0.29) is 0 Å². The highest BCUT2D eigenvalue weighted by molar-refractivity contribution is 7.15. The van der Waals surface area contributed by atoms with E-state index >= 15 is 0 Å². The number of carbonyl (C=O) groups excluding carboxylic acids is 1. The minimum Gasteiger partial charge on any atom is -0.464 e. The third-order valence-electron chi connectivity index (χ3n) is 1.19. The van der Waals surface area contributed by atoms with Gasteiger partial charge in [0.25, 0.3) is 0 Å². The van der Waals surface area contributed by atoms with Crippen molar-refractivity contribution >= 4 is 22.4 Å². The summed E-state index contributed by atoms with van der Waals surface area (Å²) in [6.45, 7) is 5.78. The molecule has 0 aromatic carbocycles. The van der Waals surface area contributed by atoms with Gasteiger partial charge in [-0.2, -0.15) is 0 Å². The van der Waals surface area contributed by atoms with E-state index in [0.717, 1.165) is 4.88 Å². The maximum absolute atomic E-state index is 10.9. The van der Waals surface area contributed by atoms with Crippen LogP contribution in [0.15, 0.2) is 0 Å². The molecule has 0 unspecified atom stereocenters. The number of hydrogen-bond donors (Lipinski definition) is 1. The second-order valence-corrected chi connectivity index (χ2v) is 3.18. The average Bonchev–Trinajstić information content (AvgIpc) is 2.47. The first-order valence-electron chi connectivity index (χ1n) is 3.96. The molecule has 0 aliphatic rings. The Morgan fingerprint density at radius 3 is 2.38 bits per heavy atom. The molecule has 0 bridgehead atoms. The summed E-state index contributed by atoms with van der Waals surface area (Å²) < 4.78 is 4.48. The summed E-state index contributed by atoms with van der Waals surface area (Å²) in [5, 5.41) is 0.392. The Balaban J connectivity index is 0.000000671. The van der Waals surface area contributed by atoms with Crippen LogP contribution in [-0.4, -0.2) is 18.1 Å². The van der Waals surface area contributed by atoms with Crippen LogP contribution in [0.3, 0.4) is 0 Å². The third kappa shape index (κ3) is 3.02. The molecule has 74 valence electrons. The van der Waals surface area contributed by atoms with Crippen molar-refractivity contribution in [3.05, 3.63) is 10.6 Å². The highest BCUT2D eigenvalue weighted by Gasteiger charge is 2.13. The van der Waals surface area contributed by atoms with Crippen LogP contribution in [0.2, 0.25) is 0 Å². The molecule has 0 saturated heterocycles. The van der Waals surface area contributed by atoms with Crippen molar-refractivity contribution in [1.29, 1.82) is 0 Å². The zero-order valence-corrected chi connectivity index (χ0v) is 9.07. The third-order valence-corrected chi connectivity index (χ3v) is 1.99. The summed E-state index contributed by atoms with van der Waals surface area (Å²) in [5.74, 6) is -0.435. The molecular weight excluding hydrogens is 188 g/mol. The van der Waals surface area contributed by atoms with Crippen LogP contribution in [0, 0.1) is 6.92 Å². The maximum atomic E-state index is 10.9. The highest BCUT2D eigenvalue weighted by Crippen LogP contribution is 2.19. The van der Waals surface area contributed by atoms with Gasteiger partial charge in [0, 0.05) is 4.88 Å². The van der Waals surface area contributed by atoms with Gasteiger partial charge in [0.1, 0.15) is 0 Å². The van der Waals surface area contributed by atoms with Crippen LogP contribution in [-0.2, 0) is 4.74 Å². The van der Waals surface area contributed by atoms with E-state index in [4.69, 9.17) is 5.73 Å². The number of carbonyl (C=O) groups is 1. The first-order valence-corrected chi connectivity index (χ1v) is 4.78. The number of nitrogens with two attached hydrogens (primary N) is 1. The fourth-order valence-electron chi connectivity index (χ4n) is 0.703. The molecule has 5 heteroatoms. The van der Waals surface area contributed by atoms with Crippen LogP contribution >= 0.6 is 11.3 Å². The van der Waals surface area contributed by atoms with Crippen molar-refractivity contribution in [3.8, 4) is 0 Å². The molecule has 1 heterocycles. The van der Waals surface area contributed by atoms with Crippen LogP contribution in [0.25, 0.3) is 0 Å². The summed E-state index contributed by atoms with van der Waals surface area (Å²) in [4.78, 5) is 15.5. The van der Waals surface area contributed by atoms with Crippen LogP contribution < -0.4 is 5.73 Å². The second-order valence-electron chi connectivity index (χ2n) is 1.95. The molecule has 1 rings (SSSR count). The van der Waals surface area contributed by atoms with E-state index < -0.39 is 5.97 Å². The van der Waals surface area contributed by atoms with Crippen LogP contribution in [0.4, 0.5) is 5.13 Å². The van der Waals surface area contributed by atoms with Gasteiger partial charge < -0.3 is 10.5 Å². The fourth-order valence-corrected chi connectivity index (χ4v) is 1.38. The second kappa shape index (κ2) is 5.53. The maximum Gasteiger partial charge on any atom is 0.357 e. The first kappa shape index (κ1) is 11.9. The molecule has 13 heavy (non-hydrogen) atoms. The van der Waals surface area contributed by atoms with Crippen molar-refractivity contribution in [1.82, 2.24) is 4.98 Å². The number of aromatic nitrogens is 1. The number of aryl methyl sites for hydroxylation is 1. The molecule has 0 aliphatic carbocycles. The standard InChI is InChI=1S/C6H8N2O2S.C2H6/c1-3-4(5(9)10-2)8-6(7)11-3;1-2/h1-2H3,(H2,7,8);1-2H3. The van der Waals surface area contributed by atoms with Crippen LogP contribution in [0.1, 0.15) is 29.2 Å². The molecule has 4 nitrogen and oxygen atoms in total. The van der Waals surface area contributed by atoms with Gasteiger partial charge in [-0.1, -0.05) is 13.8 Å². The zero-order chi connectivity index (χ0) is 10.4. The number of esters is 1. The molecular formula is C8H14N2O2S. The van der Waals surface area contributed by atoms with Gasteiger partial charge >= 0.3 is 5.97 Å². The van der Waals surface area contributed by atoms with Gasteiger partial charge in [-0.15, -0.1) is 11.3 Å². The molecule has 0 spiro atoms. The van der Waals surface area contributed by atoms with Crippen molar-refractivity contribution < 1.29 is 9.53 Å². The Kier molecular flexibility index (Phi) is 5.06. The summed E-state index contributed by atoms with van der Waals surface area (Å²) >= 11 is 1.28. The molecule has 0 amide bonds. The summed E-state index contributed by atoms with van der Waals surface area (Å²) in [6, 6.07) is 0. The smallest absolute Gasteiger partial charge is 0.357 e. The van der Waals surface area contributed by atoms with Crippen molar-refractivity contribution in [2.24, 2.45) is 0 Å². The number of hydrogen-bond acceptors (Lipinski definition) is 5. The monoisotopic (exact) mass is 202 g/mol. The molecule has 0 atom stereocenters. The number of thiazole rings is 1.